The van der Waals surface area contributed by atoms with E-state index in [0.29, 0.717) is 6.04 Å². The first-order valence-corrected chi connectivity index (χ1v) is 7.81. The van der Waals surface area contributed by atoms with E-state index in [1.165, 1.54) is 4.88 Å². The number of nitrogens with one attached hydrogen (secondary N) is 1. The van der Waals surface area contributed by atoms with Crippen molar-refractivity contribution in [3.05, 3.63) is 28.2 Å². The molecule has 0 saturated heterocycles. The predicted octanol–water partition coefficient (Wildman–Crippen LogP) is 3.03. The third-order valence-electron chi connectivity index (χ3n) is 2.85. The fraction of sp³-hybridized carbons (Fsp3) is 0.500. The average Bonchev–Trinajstić information content (AvgIpc) is 2.96. The van der Waals surface area contributed by atoms with Crippen molar-refractivity contribution in [1.29, 1.82) is 0 Å². The molecule has 0 aliphatic carbocycles. The zero-order valence-corrected chi connectivity index (χ0v) is 12.3. The molecule has 1 unspecified atom stereocenters. The number of hydrogen-bond donors (Lipinski definition) is 1. The van der Waals surface area contributed by atoms with Crippen molar-refractivity contribution in [3.63, 3.8) is 0 Å². The Hall–Kier alpha value is -1.01. The van der Waals surface area contributed by atoms with E-state index in [2.05, 4.69) is 58.6 Å². The Kier molecular flexibility index (Phi) is 2.86. The summed E-state index contributed by atoms with van der Waals surface area (Å²) in [7, 11) is 0. The first-order valence-electron chi connectivity index (χ1n) is 5.94. The third kappa shape index (κ3) is 2.03. The zero-order valence-electron chi connectivity index (χ0n) is 10.7. The van der Waals surface area contributed by atoms with Crippen molar-refractivity contribution in [2.24, 2.45) is 0 Å². The van der Waals surface area contributed by atoms with Gasteiger partial charge in [-0.2, -0.15) is 0 Å². The smallest absolute Gasteiger partial charge is 0.210 e. The summed E-state index contributed by atoms with van der Waals surface area (Å²) < 4.78 is 2.05. The minimum Gasteiger partial charge on any atom is -0.313 e. The maximum atomic E-state index is 4.32. The van der Waals surface area contributed by atoms with E-state index in [1.807, 2.05) is 0 Å². The molecule has 0 radical (unpaired) electrons. The lowest BCUT2D eigenvalue weighted by Gasteiger charge is -2.28. The number of rotatable bonds is 1. The largest absolute Gasteiger partial charge is 0.313 e. The van der Waals surface area contributed by atoms with Crippen LogP contribution in [-0.4, -0.2) is 20.6 Å². The molecule has 3 heterocycles. The molecular formula is C12H16N4S2. The topological polar surface area (TPSA) is 42.7 Å². The van der Waals surface area contributed by atoms with Gasteiger partial charge in [0.2, 0.25) is 5.16 Å². The van der Waals surface area contributed by atoms with E-state index in [1.54, 1.807) is 23.1 Å². The summed E-state index contributed by atoms with van der Waals surface area (Å²) in [5.41, 5.74) is 3.53. The summed E-state index contributed by atoms with van der Waals surface area (Å²) >= 11 is 3.56. The fourth-order valence-electron chi connectivity index (χ4n) is 1.95. The van der Waals surface area contributed by atoms with Gasteiger partial charge in [0, 0.05) is 16.0 Å². The van der Waals surface area contributed by atoms with Crippen LogP contribution >= 0.6 is 23.1 Å². The Balaban J connectivity index is 1.94. The molecule has 0 saturated carbocycles. The van der Waals surface area contributed by atoms with Crippen LogP contribution in [0.4, 0.5) is 0 Å². The summed E-state index contributed by atoms with van der Waals surface area (Å²) in [5.74, 6) is 1.99. The van der Waals surface area contributed by atoms with Crippen molar-refractivity contribution in [3.8, 4) is 0 Å². The van der Waals surface area contributed by atoms with Crippen LogP contribution in [0.3, 0.4) is 0 Å². The van der Waals surface area contributed by atoms with Crippen molar-refractivity contribution in [1.82, 2.24) is 14.9 Å². The minimum absolute atomic E-state index is 0.00382. The number of nitrogens with zero attached hydrogens (tertiary/aromatic N) is 3. The maximum absolute atomic E-state index is 4.32. The monoisotopic (exact) mass is 280 g/mol. The van der Waals surface area contributed by atoms with Crippen LogP contribution < -0.4 is 5.43 Å². The molecule has 0 bridgehead atoms. The van der Waals surface area contributed by atoms with Gasteiger partial charge in [0.1, 0.15) is 0 Å². The predicted molar refractivity (Wildman–Crippen MR) is 75.9 cm³/mol. The molecule has 1 aliphatic heterocycles. The van der Waals surface area contributed by atoms with E-state index in [-0.39, 0.29) is 5.41 Å². The van der Waals surface area contributed by atoms with Gasteiger partial charge in [-0.1, -0.05) is 38.6 Å². The molecule has 2 aromatic heterocycles. The van der Waals surface area contributed by atoms with Crippen molar-refractivity contribution in [2.45, 2.75) is 37.4 Å². The molecule has 0 amide bonds. The molecule has 1 N–H and O–H groups in total. The van der Waals surface area contributed by atoms with Crippen molar-refractivity contribution < 1.29 is 0 Å². The van der Waals surface area contributed by atoms with Crippen LogP contribution in [-0.2, 0) is 5.41 Å². The Bertz CT molecular complexity index is 539. The van der Waals surface area contributed by atoms with E-state index in [4.69, 9.17) is 0 Å². The molecule has 1 atom stereocenters. The number of hydrogen-bond acceptors (Lipinski definition) is 5. The lowest BCUT2D eigenvalue weighted by molar-refractivity contribution is 0.502. The van der Waals surface area contributed by atoms with E-state index in [9.17, 15) is 0 Å². The molecule has 1 aliphatic rings. The van der Waals surface area contributed by atoms with Gasteiger partial charge in [-0.25, -0.2) is 4.68 Å². The standard InChI is InChI=1S/C12H16N4S2/c1-12(2,3)10-13-14-11-16(10)15-8(7-18-11)9-5-4-6-17-9/h4-6,8,15H,7H2,1-3H3. The summed E-state index contributed by atoms with van der Waals surface area (Å²) in [4.78, 5) is 1.36. The molecule has 18 heavy (non-hydrogen) atoms. The maximum Gasteiger partial charge on any atom is 0.210 e. The Morgan fingerprint density at radius 2 is 2.22 bits per heavy atom. The SMILES string of the molecule is CC(C)(C)c1nnc2n1NC(c1cccs1)CS2. The highest BCUT2D eigenvalue weighted by atomic mass is 32.2. The highest BCUT2D eigenvalue weighted by Crippen LogP contribution is 2.34. The molecule has 3 rings (SSSR count). The summed E-state index contributed by atoms with van der Waals surface area (Å²) in [6.07, 6.45) is 0. The number of thiophene rings is 1. The van der Waals surface area contributed by atoms with Gasteiger partial charge < -0.3 is 5.43 Å². The summed E-state index contributed by atoms with van der Waals surface area (Å²) in [6.45, 7) is 6.47. The normalized spacial score (nSPS) is 19.4. The number of aromatic nitrogens is 3. The van der Waals surface area contributed by atoms with Crippen LogP contribution in [0.25, 0.3) is 0 Å². The molecule has 96 valence electrons. The molecule has 0 spiro atoms. The lowest BCUT2D eigenvalue weighted by atomic mass is 9.96. The van der Waals surface area contributed by atoms with Crippen LogP contribution in [0.2, 0.25) is 0 Å². The van der Waals surface area contributed by atoms with Crippen molar-refractivity contribution >= 4 is 23.1 Å². The second-order valence-electron chi connectivity index (χ2n) is 5.40. The molecule has 0 aromatic carbocycles. The first kappa shape index (κ1) is 12.0. The van der Waals surface area contributed by atoms with Gasteiger partial charge in [0.15, 0.2) is 5.82 Å². The fourth-order valence-corrected chi connectivity index (χ4v) is 3.77. The van der Waals surface area contributed by atoms with Crippen LogP contribution in [0, 0.1) is 0 Å². The number of fused-ring (bicyclic) bond motifs is 1. The Labute approximate surface area is 115 Å². The summed E-state index contributed by atoms with van der Waals surface area (Å²) in [5, 5.41) is 11.7. The van der Waals surface area contributed by atoms with Crippen LogP contribution in [0.5, 0.6) is 0 Å². The Morgan fingerprint density at radius 3 is 2.89 bits per heavy atom. The van der Waals surface area contributed by atoms with Gasteiger partial charge in [0.25, 0.3) is 0 Å². The second kappa shape index (κ2) is 4.28. The highest BCUT2D eigenvalue weighted by molar-refractivity contribution is 7.99. The lowest BCUT2D eigenvalue weighted by Crippen LogP contribution is -2.32. The molecule has 2 aromatic rings. The second-order valence-corrected chi connectivity index (χ2v) is 7.37. The minimum atomic E-state index is -0.00382. The number of thioether (sulfide) groups is 1. The van der Waals surface area contributed by atoms with Crippen LogP contribution in [0.15, 0.2) is 22.7 Å². The molecule has 4 nitrogen and oxygen atoms in total. The Morgan fingerprint density at radius 1 is 1.39 bits per heavy atom. The van der Waals surface area contributed by atoms with Gasteiger partial charge in [0.05, 0.1) is 6.04 Å². The van der Waals surface area contributed by atoms with Gasteiger partial charge in [-0.15, -0.1) is 21.5 Å². The van der Waals surface area contributed by atoms with Crippen molar-refractivity contribution in [2.75, 3.05) is 11.2 Å². The van der Waals surface area contributed by atoms with E-state index < -0.39 is 0 Å². The highest BCUT2D eigenvalue weighted by Gasteiger charge is 2.29. The third-order valence-corrected chi connectivity index (χ3v) is 4.86. The zero-order chi connectivity index (χ0) is 12.8. The average molecular weight is 280 g/mol. The van der Waals surface area contributed by atoms with Gasteiger partial charge in [-0.05, 0) is 11.4 Å². The molecule has 6 heteroatoms. The van der Waals surface area contributed by atoms with E-state index >= 15 is 0 Å². The first-order chi connectivity index (χ1) is 8.55. The summed E-state index contributed by atoms with van der Waals surface area (Å²) in [6, 6.07) is 4.62. The van der Waals surface area contributed by atoms with Gasteiger partial charge >= 0.3 is 0 Å². The van der Waals surface area contributed by atoms with Gasteiger partial charge in [-0.3, -0.25) is 0 Å². The van der Waals surface area contributed by atoms with Crippen LogP contribution in [0.1, 0.15) is 37.5 Å². The quantitative estimate of drug-likeness (QED) is 0.872. The van der Waals surface area contributed by atoms with E-state index in [0.717, 1.165) is 16.7 Å². The molecule has 0 fully saturated rings. The molecular weight excluding hydrogens is 264 g/mol.